The minimum Gasteiger partial charge on any atom is -0.481 e. The fourth-order valence-corrected chi connectivity index (χ4v) is 4.17. The molecule has 144 valence electrons. The summed E-state index contributed by atoms with van der Waals surface area (Å²) in [5.41, 5.74) is 5.37. The molecule has 0 aromatic rings. The van der Waals surface area contributed by atoms with Crippen LogP contribution in [0.3, 0.4) is 0 Å². The van der Waals surface area contributed by atoms with Crippen LogP contribution in [0.4, 0.5) is 0 Å². The molecule has 0 spiro atoms. The Morgan fingerprint density at radius 3 is 2.40 bits per heavy atom. The van der Waals surface area contributed by atoms with Gasteiger partial charge < -0.3 is 36.8 Å². The van der Waals surface area contributed by atoms with E-state index in [1.807, 2.05) is 0 Å². The summed E-state index contributed by atoms with van der Waals surface area (Å²) in [5, 5.41) is 51.3. The third kappa shape index (κ3) is 5.37. The van der Waals surface area contributed by atoms with E-state index in [4.69, 9.17) is 16.2 Å². The number of aliphatic hydroxyl groups excluding tert-OH is 3. The molecule has 12 heteroatoms. The van der Waals surface area contributed by atoms with Crippen molar-refractivity contribution < 1.29 is 30.0 Å². The Bertz CT molecular complexity index is 509. The lowest BCUT2D eigenvalue weighted by Gasteiger charge is -2.37. The zero-order valence-electron chi connectivity index (χ0n) is 13.5. The number of nitrogens with one attached hydrogen (secondary N) is 4. The lowest BCUT2D eigenvalue weighted by Crippen LogP contribution is -2.60. The zero-order valence-corrected chi connectivity index (χ0v) is 15.7. The lowest BCUT2D eigenvalue weighted by atomic mass is 9.84. The number of guanidine groups is 1. The van der Waals surface area contributed by atoms with Gasteiger partial charge in [-0.15, -0.1) is 0 Å². The summed E-state index contributed by atoms with van der Waals surface area (Å²) in [5.74, 6) is -3.55. The van der Waals surface area contributed by atoms with Crippen molar-refractivity contribution >= 4 is 40.7 Å². The van der Waals surface area contributed by atoms with Crippen LogP contribution in [0, 0.1) is 17.2 Å². The van der Waals surface area contributed by atoms with E-state index < -0.39 is 60.7 Å². The first-order chi connectivity index (χ1) is 11.6. The van der Waals surface area contributed by atoms with Gasteiger partial charge in [-0.2, -0.15) is 0 Å². The predicted octanol–water partition coefficient (Wildman–Crippen LogP) is -2.91. The maximum atomic E-state index is 11.6. The highest BCUT2D eigenvalue weighted by Crippen LogP contribution is 2.36. The monoisotopic (exact) mass is 473 g/mol. The van der Waals surface area contributed by atoms with Gasteiger partial charge in [0.1, 0.15) is 12.2 Å². The van der Waals surface area contributed by atoms with Gasteiger partial charge in [-0.25, -0.2) is 0 Å². The number of amides is 1. The maximum Gasteiger partial charge on any atom is 0.308 e. The summed E-state index contributed by atoms with van der Waals surface area (Å²) in [7, 11) is 0. The average Bonchev–Trinajstić information content (AvgIpc) is 2.88. The second kappa shape index (κ2) is 9.47. The molecule has 1 saturated carbocycles. The van der Waals surface area contributed by atoms with Crippen molar-refractivity contribution in [2.75, 3.05) is 6.61 Å². The number of carbonyl (C=O) groups excluding carboxylic acids is 1. The fraction of sp³-hybridized carbons (Fsp3) is 0.769. The van der Waals surface area contributed by atoms with E-state index >= 15 is 0 Å². The lowest BCUT2D eigenvalue weighted by molar-refractivity contribution is -0.142. The van der Waals surface area contributed by atoms with Crippen LogP contribution in [0.15, 0.2) is 0 Å². The van der Waals surface area contributed by atoms with Gasteiger partial charge in [0.15, 0.2) is 5.96 Å². The molecule has 1 amide bonds. The van der Waals surface area contributed by atoms with E-state index in [-0.39, 0.29) is 12.4 Å². The number of hydrogen-bond donors (Lipinski definition) is 9. The molecule has 1 rings (SSSR count). The molecule has 11 nitrogen and oxygen atoms in total. The van der Waals surface area contributed by atoms with E-state index in [1.165, 1.54) is 6.92 Å². The van der Waals surface area contributed by atoms with Crippen molar-refractivity contribution in [1.29, 1.82) is 5.41 Å². The number of carboxylic acid groups (broad SMARTS) is 1. The van der Waals surface area contributed by atoms with Crippen LogP contribution in [-0.4, -0.2) is 75.2 Å². The van der Waals surface area contributed by atoms with Crippen LogP contribution >= 0.6 is 22.9 Å². The van der Waals surface area contributed by atoms with Gasteiger partial charge in [0, 0.05) is 47.8 Å². The van der Waals surface area contributed by atoms with Crippen LogP contribution in [-0.2, 0) is 9.59 Å². The topological polar surface area (TPSA) is 201 Å². The molecular formula is C13H24IN5O6. The first kappa shape index (κ1) is 21.8. The molecule has 0 saturated heterocycles. The van der Waals surface area contributed by atoms with E-state index in [0.717, 1.165) is 0 Å². The first-order valence-corrected chi connectivity index (χ1v) is 8.65. The number of aliphatic carboxylic acids is 1. The Morgan fingerprint density at radius 2 is 2.00 bits per heavy atom. The van der Waals surface area contributed by atoms with E-state index in [1.54, 1.807) is 22.9 Å². The third-order valence-electron chi connectivity index (χ3n) is 4.34. The van der Waals surface area contributed by atoms with Gasteiger partial charge in [0.25, 0.3) is 0 Å². The molecule has 1 aliphatic rings. The number of hydrogen-bond acceptors (Lipinski definition) is 7. The molecule has 1 fully saturated rings. The molecule has 0 aliphatic heterocycles. The number of nitrogens with two attached hydrogens (primary N) is 1. The van der Waals surface area contributed by atoms with Crippen LogP contribution < -0.4 is 19.9 Å². The summed E-state index contributed by atoms with van der Waals surface area (Å²) in [4.78, 5) is 23.1. The number of rotatable bonds is 8. The molecule has 10 N–H and O–H groups in total. The van der Waals surface area contributed by atoms with Crippen LogP contribution in [0.5, 0.6) is 0 Å². The number of carboxylic acids is 1. The molecule has 0 aromatic carbocycles. The van der Waals surface area contributed by atoms with Crippen molar-refractivity contribution in [2.45, 2.75) is 43.7 Å². The average molecular weight is 473 g/mol. The minimum atomic E-state index is -1.55. The molecule has 0 radical (unpaired) electrons. The number of aliphatic hydroxyl groups is 3. The molecule has 0 unspecified atom stereocenters. The molecular weight excluding hydrogens is 449 g/mol. The third-order valence-corrected chi connectivity index (χ3v) is 5.06. The van der Waals surface area contributed by atoms with Crippen molar-refractivity contribution in [3.05, 3.63) is 0 Å². The van der Waals surface area contributed by atoms with E-state index in [2.05, 4.69) is 14.2 Å². The van der Waals surface area contributed by atoms with Gasteiger partial charge in [0.2, 0.25) is 5.91 Å². The molecule has 1 aliphatic carbocycles. The summed E-state index contributed by atoms with van der Waals surface area (Å²) in [6.45, 7) is 0.480. The summed E-state index contributed by atoms with van der Waals surface area (Å²) in [6.07, 6.45) is -2.98. The maximum absolute atomic E-state index is 11.6. The van der Waals surface area contributed by atoms with E-state index in [9.17, 15) is 24.9 Å². The summed E-state index contributed by atoms with van der Waals surface area (Å²) >= 11 is 1.78. The second-order valence-electron chi connectivity index (χ2n) is 6.02. The van der Waals surface area contributed by atoms with Crippen molar-refractivity contribution in [1.82, 2.24) is 14.2 Å². The highest BCUT2D eigenvalue weighted by atomic mass is 127. The standard InChI is InChI=1S/C13H24IN5O6/c1-4(21)17-10(11(23)7(22)3-20)8-6(18-13(15)16)2-5(12(24)25)9(8)19-14/h5-11,19-20,22-23H,2-3H2,1H3,(H,17,21)(H,24,25)(H4,15,16,18)/t5-,6+,7-,8-,9+,10-,11-/m0/s1. The smallest absolute Gasteiger partial charge is 0.308 e. The Balaban J connectivity index is 3.28. The van der Waals surface area contributed by atoms with Gasteiger partial charge in [-0.05, 0) is 6.42 Å². The largest absolute Gasteiger partial charge is 0.481 e. The Hall–Kier alpha value is -1.22. The van der Waals surface area contributed by atoms with Crippen LogP contribution in [0.2, 0.25) is 0 Å². The van der Waals surface area contributed by atoms with Gasteiger partial charge in [0.05, 0.1) is 18.6 Å². The van der Waals surface area contributed by atoms with E-state index in [0.29, 0.717) is 0 Å². The molecule has 7 atom stereocenters. The van der Waals surface area contributed by atoms with Gasteiger partial charge >= 0.3 is 5.97 Å². The Morgan fingerprint density at radius 1 is 1.40 bits per heavy atom. The fourth-order valence-electron chi connectivity index (χ4n) is 3.32. The van der Waals surface area contributed by atoms with Crippen molar-refractivity contribution in [3.8, 4) is 0 Å². The quantitative estimate of drug-likeness (QED) is 0.0767. The molecule has 25 heavy (non-hydrogen) atoms. The van der Waals surface area contributed by atoms with Gasteiger partial charge in [-0.3, -0.25) is 18.5 Å². The highest BCUT2D eigenvalue weighted by molar-refractivity contribution is 14.1. The number of halogens is 1. The summed E-state index contributed by atoms with van der Waals surface area (Å²) in [6, 6.07) is -2.41. The van der Waals surface area contributed by atoms with Crippen molar-refractivity contribution in [2.24, 2.45) is 17.6 Å². The predicted molar refractivity (Wildman–Crippen MR) is 95.7 cm³/mol. The highest BCUT2D eigenvalue weighted by Gasteiger charge is 2.52. The molecule has 0 heterocycles. The van der Waals surface area contributed by atoms with Crippen LogP contribution in [0.25, 0.3) is 0 Å². The first-order valence-electron chi connectivity index (χ1n) is 7.57. The minimum absolute atomic E-state index is 0.0955. The van der Waals surface area contributed by atoms with Crippen LogP contribution in [0.1, 0.15) is 13.3 Å². The van der Waals surface area contributed by atoms with Gasteiger partial charge in [-0.1, -0.05) is 0 Å². The number of carbonyl (C=O) groups is 2. The second-order valence-corrected chi connectivity index (χ2v) is 6.65. The SMILES string of the molecule is CC(=O)N[C@H]([C@@H](O)[C@@H](O)CO)[C@@H]1[C@H](NI)[C@@H](C(=O)O)C[C@H]1NC(=N)N. The Kier molecular flexibility index (Phi) is 8.27. The zero-order chi connectivity index (χ0) is 19.3. The molecule has 0 bridgehead atoms. The molecule has 0 aromatic heterocycles. The van der Waals surface area contributed by atoms with Crippen molar-refractivity contribution in [3.63, 3.8) is 0 Å². The normalized spacial score (nSPS) is 29.5. The summed E-state index contributed by atoms with van der Waals surface area (Å²) < 4.78 is 2.85. The Labute approximate surface area is 158 Å².